The van der Waals surface area contributed by atoms with Crippen molar-refractivity contribution in [1.82, 2.24) is 0 Å². The number of aromatic hydroxyl groups is 1. The van der Waals surface area contributed by atoms with Crippen LogP contribution in [-0.4, -0.2) is 32.9 Å². The largest absolute Gasteiger partial charge is 0.508 e. The van der Waals surface area contributed by atoms with Crippen LogP contribution in [0.15, 0.2) is 83.5 Å². The Kier molecular flexibility index (Phi) is 5.59. The molecule has 3 aromatic carbocycles. The Bertz CT molecular complexity index is 1330. The average molecular weight is 448 g/mol. The van der Waals surface area contributed by atoms with Crippen molar-refractivity contribution >= 4 is 33.0 Å². The number of esters is 1. The highest BCUT2D eigenvalue weighted by atomic mass is 32.2. The highest BCUT2D eigenvalue weighted by molar-refractivity contribution is 7.90. The molecular formula is C25H20O6S. The lowest BCUT2D eigenvalue weighted by Gasteiger charge is -2.08. The van der Waals surface area contributed by atoms with E-state index in [0.29, 0.717) is 33.8 Å². The van der Waals surface area contributed by atoms with Gasteiger partial charge in [0.15, 0.2) is 9.84 Å². The number of methoxy groups -OCH3 is 1. The third kappa shape index (κ3) is 4.29. The molecule has 1 aliphatic rings. The maximum atomic E-state index is 12.9. The second-order valence-electron chi connectivity index (χ2n) is 7.26. The molecule has 1 N–H and O–H groups in total. The van der Waals surface area contributed by atoms with E-state index in [2.05, 4.69) is 0 Å². The van der Waals surface area contributed by atoms with Crippen LogP contribution in [0, 0.1) is 0 Å². The molecule has 0 spiro atoms. The first-order valence-electron chi connectivity index (χ1n) is 9.69. The van der Waals surface area contributed by atoms with Crippen molar-refractivity contribution < 1.29 is 27.8 Å². The number of phenolic OH excluding ortho intramolecular Hbond substituents is 1. The zero-order chi connectivity index (χ0) is 22.9. The lowest BCUT2D eigenvalue weighted by molar-refractivity contribution is -0.131. The van der Waals surface area contributed by atoms with Crippen molar-refractivity contribution in [3.63, 3.8) is 0 Å². The SMILES string of the molecule is COc1ccc(C2=C(c3ccc(S(C)(=O)=O)cc3)/C(=C/c3ccc(O)cc3)OC2=O)cc1. The number of hydrogen-bond donors (Lipinski definition) is 1. The zero-order valence-corrected chi connectivity index (χ0v) is 18.2. The summed E-state index contributed by atoms with van der Waals surface area (Å²) in [5.74, 6) is 0.599. The van der Waals surface area contributed by atoms with Crippen molar-refractivity contribution in [3.8, 4) is 11.5 Å². The molecule has 7 heteroatoms. The second kappa shape index (κ2) is 8.36. The first kappa shape index (κ1) is 21.4. The van der Waals surface area contributed by atoms with Crippen LogP contribution in [0.2, 0.25) is 0 Å². The number of hydrogen-bond acceptors (Lipinski definition) is 6. The third-order valence-electron chi connectivity index (χ3n) is 5.04. The Morgan fingerprint density at radius 1 is 0.844 bits per heavy atom. The molecule has 32 heavy (non-hydrogen) atoms. The lowest BCUT2D eigenvalue weighted by atomic mass is 9.94. The molecule has 0 radical (unpaired) electrons. The van der Waals surface area contributed by atoms with Gasteiger partial charge in [-0.1, -0.05) is 36.4 Å². The van der Waals surface area contributed by atoms with Crippen molar-refractivity contribution in [2.75, 3.05) is 13.4 Å². The van der Waals surface area contributed by atoms with Gasteiger partial charge in [-0.15, -0.1) is 0 Å². The number of benzene rings is 3. The maximum Gasteiger partial charge on any atom is 0.344 e. The van der Waals surface area contributed by atoms with E-state index < -0.39 is 15.8 Å². The fourth-order valence-electron chi connectivity index (χ4n) is 3.43. The molecule has 4 rings (SSSR count). The summed E-state index contributed by atoms with van der Waals surface area (Å²) in [4.78, 5) is 13.1. The summed E-state index contributed by atoms with van der Waals surface area (Å²) in [5, 5.41) is 9.54. The lowest BCUT2D eigenvalue weighted by Crippen LogP contribution is -1.99. The van der Waals surface area contributed by atoms with E-state index >= 15 is 0 Å². The quantitative estimate of drug-likeness (QED) is 0.585. The highest BCUT2D eigenvalue weighted by Crippen LogP contribution is 2.41. The summed E-state index contributed by atoms with van der Waals surface area (Å²) in [5.41, 5.74) is 2.93. The van der Waals surface area contributed by atoms with Crippen molar-refractivity contribution in [1.29, 1.82) is 0 Å². The van der Waals surface area contributed by atoms with Crippen LogP contribution < -0.4 is 4.74 Å². The van der Waals surface area contributed by atoms with Gasteiger partial charge in [0, 0.05) is 11.8 Å². The fraction of sp³-hybridized carbons (Fsp3) is 0.0800. The van der Waals surface area contributed by atoms with Gasteiger partial charge in [-0.25, -0.2) is 13.2 Å². The first-order chi connectivity index (χ1) is 15.3. The molecule has 1 heterocycles. The number of cyclic esters (lactones) is 1. The highest BCUT2D eigenvalue weighted by Gasteiger charge is 2.32. The fourth-order valence-corrected chi connectivity index (χ4v) is 4.06. The van der Waals surface area contributed by atoms with Crippen molar-refractivity contribution in [3.05, 3.63) is 95.2 Å². The first-order valence-corrected chi connectivity index (χ1v) is 11.6. The minimum Gasteiger partial charge on any atom is -0.508 e. The van der Waals surface area contributed by atoms with Crippen LogP contribution in [0.4, 0.5) is 0 Å². The van der Waals surface area contributed by atoms with Gasteiger partial charge in [0.25, 0.3) is 0 Å². The molecule has 6 nitrogen and oxygen atoms in total. The van der Waals surface area contributed by atoms with E-state index in [-0.39, 0.29) is 10.6 Å². The summed E-state index contributed by atoms with van der Waals surface area (Å²) in [6.45, 7) is 0. The molecule has 0 amide bonds. The molecule has 0 aliphatic carbocycles. The standard InChI is InChI=1S/C25H20O6S/c1-30-20-11-5-18(6-12-20)24-23(17-7-13-21(14-8-17)32(2,28)29)22(31-25(24)27)15-16-3-9-19(26)10-4-16/h3-15,26H,1-2H3/b22-15-. The predicted molar refractivity (Wildman–Crippen MR) is 122 cm³/mol. The Balaban J connectivity index is 1.90. The molecule has 1 aliphatic heterocycles. The normalized spacial score (nSPS) is 15.2. The molecule has 0 unspecified atom stereocenters. The minimum absolute atomic E-state index is 0.126. The van der Waals surface area contributed by atoms with Crippen LogP contribution in [0.25, 0.3) is 17.2 Å². The number of ether oxygens (including phenoxy) is 2. The number of carbonyl (C=O) groups is 1. The van der Waals surface area contributed by atoms with E-state index in [9.17, 15) is 18.3 Å². The molecule has 0 fully saturated rings. The van der Waals surface area contributed by atoms with Gasteiger partial charge in [0.2, 0.25) is 0 Å². The minimum atomic E-state index is -3.36. The van der Waals surface area contributed by atoms with Gasteiger partial charge in [0.05, 0.1) is 17.6 Å². The maximum absolute atomic E-state index is 12.9. The van der Waals surface area contributed by atoms with Crippen molar-refractivity contribution in [2.24, 2.45) is 0 Å². The monoisotopic (exact) mass is 448 g/mol. The Morgan fingerprint density at radius 2 is 1.41 bits per heavy atom. The van der Waals surface area contributed by atoms with Crippen LogP contribution in [0.1, 0.15) is 16.7 Å². The van der Waals surface area contributed by atoms with E-state index in [1.807, 2.05) is 0 Å². The Labute approximate surface area is 186 Å². The molecule has 0 atom stereocenters. The summed E-state index contributed by atoms with van der Waals surface area (Å²) in [7, 11) is -1.80. The van der Waals surface area contributed by atoms with Gasteiger partial charge in [-0.3, -0.25) is 0 Å². The van der Waals surface area contributed by atoms with Gasteiger partial charge < -0.3 is 14.6 Å². The number of carbonyl (C=O) groups excluding carboxylic acids is 1. The molecular weight excluding hydrogens is 428 g/mol. The van der Waals surface area contributed by atoms with E-state index in [1.54, 1.807) is 61.7 Å². The molecule has 162 valence electrons. The van der Waals surface area contributed by atoms with E-state index in [4.69, 9.17) is 9.47 Å². The molecule has 0 bridgehead atoms. The summed E-state index contributed by atoms with van der Waals surface area (Å²) in [6, 6.07) is 19.8. The number of allylic oxidation sites excluding steroid dienone is 1. The van der Waals surface area contributed by atoms with Gasteiger partial charge >= 0.3 is 5.97 Å². The summed E-state index contributed by atoms with van der Waals surface area (Å²) < 4.78 is 34.5. The van der Waals surface area contributed by atoms with Gasteiger partial charge in [0.1, 0.15) is 17.3 Å². The van der Waals surface area contributed by atoms with Crippen molar-refractivity contribution in [2.45, 2.75) is 4.90 Å². The van der Waals surface area contributed by atoms with E-state index in [1.165, 1.54) is 24.3 Å². The van der Waals surface area contributed by atoms with Gasteiger partial charge in [-0.05, 0) is 59.2 Å². The number of sulfone groups is 1. The molecule has 3 aromatic rings. The zero-order valence-electron chi connectivity index (χ0n) is 17.4. The summed E-state index contributed by atoms with van der Waals surface area (Å²) >= 11 is 0. The number of phenols is 1. The summed E-state index contributed by atoms with van der Waals surface area (Å²) in [6.07, 6.45) is 2.84. The second-order valence-corrected chi connectivity index (χ2v) is 9.28. The van der Waals surface area contributed by atoms with Crippen LogP contribution in [0.3, 0.4) is 0 Å². The predicted octanol–water partition coefficient (Wildman–Crippen LogP) is 4.31. The Hall–Kier alpha value is -3.84. The van der Waals surface area contributed by atoms with E-state index in [0.717, 1.165) is 11.8 Å². The Morgan fingerprint density at radius 3 is 1.97 bits per heavy atom. The van der Waals surface area contributed by atoms with Gasteiger partial charge in [-0.2, -0.15) is 0 Å². The smallest absolute Gasteiger partial charge is 0.344 e. The molecule has 0 saturated carbocycles. The third-order valence-corrected chi connectivity index (χ3v) is 6.17. The average Bonchev–Trinajstić information content (AvgIpc) is 3.10. The molecule has 0 aromatic heterocycles. The number of rotatable bonds is 5. The van der Waals surface area contributed by atoms with Crippen LogP contribution >= 0.6 is 0 Å². The van der Waals surface area contributed by atoms with Crippen LogP contribution in [0.5, 0.6) is 11.5 Å². The topological polar surface area (TPSA) is 89.9 Å². The molecule has 0 saturated heterocycles. The van der Waals surface area contributed by atoms with Crippen LogP contribution in [-0.2, 0) is 19.4 Å².